The van der Waals surface area contributed by atoms with Gasteiger partial charge >= 0.3 is 0 Å². The lowest BCUT2D eigenvalue weighted by Gasteiger charge is -2.08. The predicted molar refractivity (Wildman–Crippen MR) is 169 cm³/mol. The minimum atomic E-state index is -1.18. The summed E-state index contributed by atoms with van der Waals surface area (Å²) < 4.78 is 20.8. The molecule has 0 saturated carbocycles. The molecule has 1 aromatic heterocycles. The highest BCUT2D eigenvalue weighted by atomic mass is 35.5. The fourth-order valence-corrected chi connectivity index (χ4v) is 5.64. The summed E-state index contributed by atoms with van der Waals surface area (Å²) in [6.45, 7) is 5.89. The Morgan fingerprint density at radius 2 is 1.71 bits per heavy atom. The van der Waals surface area contributed by atoms with Gasteiger partial charge < -0.3 is 9.30 Å². The van der Waals surface area contributed by atoms with Crippen molar-refractivity contribution in [1.82, 2.24) is 9.55 Å². The van der Waals surface area contributed by atoms with E-state index < -0.39 is 10.8 Å². The van der Waals surface area contributed by atoms with Crippen LogP contribution in [0.2, 0.25) is 5.02 Å². The summed E-state index contributed by atoms with van der Waals surface area (Å²) in [6, 6.07) is 21.2. The highest BCUT2D eigenvalue weighted by Crippen LogP contribution is 2.28. The number of hydrogen-bond acceptors (Lipinski definition) is 4. The van der Waals surface area contributed by atoms with Crippen molar-refractivity contribution in [3.63, 3.8) is 0 Å². The molecule has 1 heterocycles. The Morgan fingerprint density at radius 3 is 2.44 bits per heavy atom. The van der Waals surface area contributed by atoms with Gasteiger partial charge in [-0.2, -0.15) is 0 Å². The summed E-state index contributed by atoms with van der Waals surface area (Å²) in [4.78, 5) is 17.7. The van der Waals surface area contributed by atoms with Gasteiger partial charge in [0.25, 0.3) is 0 Å². The molecular weight excluding hydrogens is 552 g/mol. The monoisotopic (exact) mass is 588 g/mol. The maximum atomic E-state index is 12.9. The summed E-state index contributed by atoms with van der Waals surface area (Å²) >= 11 is 6.44. The van der Waals surface area contributed by atoms with Gasteiger partial charge in [0.2, 0.25) is 0 Å². The summed E-state index contributed by atoms with van der Waals surface area (Å²) in [5, 5.41) is 0.584. The molecule has 3 aromatic carbocycles. The maximum absolute atomic E-state index is 12.9. The van der Waals surface area contributed by atoms with E-state index in [2.05, 4.69) is 23.4 Å². The first-order chi connectivity index (χ1) is 20.0. The maximum Gasteiger partial charge on any atom is 0.160 e. The Hall–Kier alpha value is -3.48. The summed E-state index contributed by atoms with van der Waals surface area (Å²) in [5.74, 6) is 1.24. The third kappa shape index (κ3) is 9.00. The number of halogens is 1. The smallest absolute Gasteiger partial charge is 0.160 e. The fraction of sp³-hybridized carbons (Fsp3) is 0.294. The molecule has 0 fully saturated rings. The highest BCUT2D eigenvalue weighted by Gasteiger charge is 2.10. The number of allylic oxidation sites excluding steroid dienone is 1. The minimum Gasteiger partial charge on any atom is -0.494 e. The van der Waals surface area contributed by atoms with Crippen molar-refractivity contribution in [2.75, 3.05) is 6.61 Å². The van der Waals surface area contributed by atoms with Gasteiger partial charge in [-0.05, 0) is 83.6 Å². The average Bonchev–Trinajstić information content (AvgIpc) is 3.43. The molecule has 7 heteroatoms. The van der Waals surface area contributed by atoms with Crippen molar-refractivity contribution in [3.05, 3.63) is 107 Å². The molecule has 0 amide bonds. The lowest BCUT2D eigenvalue weighted by Crippen LogP contribution is -2.05. The van der Waals surface area contributed by atoms with Gasteiger partial charge in [0.1, 0.15) is 5.75 Å². The first-order valence-electron chi connectivity index (χ1n) is 14.2. The fourth-order valence-electron chi connectivity index (χ4n) is 4.35. The Kier molecular flexibility index (Phi) is 11.5. The van der Waals surface area contributed by atoms with Gasteiger partial charge in [-0.25, -0.2) is 4.98 Å². The standard InChI is InChI=1S/C34H37ClN2O3S/c1-3-5-19-37-25-36-23-30(37)24-41(39)33-16-7-26(8-17-33)21-31(38)13-9-29-22-28(12-18-34(29)35)27-10-14-32(15-11-27)40-20-6-4-2/h7-18,22-23,25H,3-6,19-21,24H2,1-2H3/b13-9+/t41-/m1/s1. The molecule has 1 atom stereocenters. The first kappa shape index (κ1) is 30.5. The van der Waals surface area contributed by atoms with E-state index in [1.54, 1.807) is 24.7 Å². The van der Waals surface area contributed by atoms with E-state index in [9.17, 15) is 9.00 Å². The van der Waals surface area contributed by atoms with Crippen LogP contribution >= 0.6 is 11.6 Å². The highest BCUT2D eigenvalue weighted by molar-refractivity contribution is 7.84. The number of hydrogen-bond donors (Lipinski definition) is 0. The molecule has 0 spiro atoms. The number of nitrogens with zero attached hydrogens (tertiary/aromatic N) is 2. The van der Waals surface area contributed by atoms with Gasteiger partial charge in [-0.3, -0.25) is 9.00 Å². The van der Waals surface area contributed by atoms with Crippen molar-refractivity contribution >= 4 is 34.3 Å². The van der Waals surface area contributed by atoms with Crippen LogP contribution in [-0.4, -0.2) is 26.2 Å². The topological polar surface area (TPSA) is 61.2 Å². The van der Waals surface area contributed by atoms with Gasteiger partial charge in [0.05, 0.1) is 35.2 Å². The second-order valence-corrected chi connectivity index (χ2v) is 11.9. The number of carbonyl (C=O) groups excluding carboxylic acids is 1. The van der Waals surface area contributed by atoms with E-state index in [-0.39, 0.29) is 12.2 Å². The Bertz CT molecular complexity index is 1480. The Labute approximate surface area is 250 Å². The molecule has 4 rings (SSSR count). The van der Waals surface area contributed by atoms with Crippen LogP contribution in [0.3, 0.4) is 0 Å². The summed E-state index contributed by atoms with van der Waals surface area (Å²) in [6.07, 6.45) is 11.5. The van der Waals surface area contributed by atoms with E-state index in [0.29, 0.717) is 10.8 Å². The van der Waals surface area contributed by atoms with E-state index in [4.69, 9.17) is 16.3 Å². The van der Waals surface area contributed by atoms with Crippen LogP contribution < -0.4 is 4.74 Å². The van der Waals surface area contributed by atoms with Crippen LogP contribution in [0.5, 0.6) is 5.75 Å². The zero-order valence-corrected chi connectivity index (χ0v) is 25.3. The van der Waals surface area contributed by atoms with Crippen LogP contribution in [0, 0.1) is 0 Å². The number of ether oxygens (including phenoxy) is 1. The molecule has 214 valence electrons. The number of ketones is 1. The minimum absolute atomic E-state index is 0.0336. The normalized spacial score (nSPS) is 12.1. The van der Waals surface area contributed by atoms with Crippen molar-refractivity contribution in [3.8, 4) is 16.9 Å². The molecule has 0 saturated heterocycles. The molecule has 5 nitrogen and oxygen atoms in total. The van der Waals surface area contributed by atoms with Crippen molar-refractivity contribution < 1.29 is 13.7 Å². The van der Waals surface area contributed by atoms with Crippen molar-refractivity contribution in [2.24, 2.45) is 0 Å². The Morgan fingerprint density at radius 1 is 0.976 bits per heavy atom. The van der Waals surface area contributed by atoms with E-state index >= 15 is 0 Å². The van der Waals surface area contributed by atoms with Crippen molar-refractivity contribution in [1.29, 1.82) is 0 Å². The number of rotatable bonds is 15. The van der Waals surface area contributed by atoms with E-state index in [1.807, 2.05) is 66.7 Å². The van der Waals surface area contributed by atoms with Crippen LogP contribution in [0.15, 0.2) is 90.2 Å². The SMILES string of the molecule is CCCCOc1ccc(-c2ccc(Cl)c(/C=C/C(=O)Cc3ccc([S@](=O)Cc4cncn4CCCC)cc3)c2)cc1. The van der Waals surface area contributed by atoms with Gasteiger partial charge in [0, 0.05) is 29.1 Å². The first-order valence-corrected chi connectivity index (χ1v) is 15.9. The van der Waals surface area contributed by atoms with Crippen molar-refractivity contribution in [2.45, 2.75) is 63.1 Å². The number of unbranched alkanes of at least 4 members (excludes halogenated alkanes) is 2. The van der Waals surface area contributed by atoms with Gasteiger partial charge in [-0.15, -0.1) is 0 Å². The zero-order chi connectivity index (χ0) is 29.0. The second-order valence-electron chi connectivity index (χ2n) is 10.0. The van der Waals surface area contributed by atoms with Crippen LogP contribution in [0.4, 0.5) is 0 Å². The molecule has 0 N–H and O–H groups in total. The molecule has 0 aliphatic carbocycles. The third-order valence-electron chi connectivity index (χ3n) is 6.79. The number of imidazole rings is 1. The molecular formula is C34H37ClN2O3S. The number of benzene rings is 3. The largest absolute Gasteiger partial charge is 0.494 e. The molecule has 4 aromatic rings. The molecule has 0 radical (unpaired) electrons. The summed E-state index contributed by atoms with van der Waals surface area (Å²) in [7, 11) is -1.18. The molecule has 41 heavy (non-hydrogen) atoms. The van der Waals surface area contributed by atoms with Crippen LogP contribution in [0.25, 0.3) is 17.2 Å². The predicted octanol–water partition coefficient (Wildman–Crippen LogP) is 8.32. The third-order valence-corrected chi connectivity index (χ3v) is 8.49. The molecule has 0 aliphatic heterocycles. The van der Waals surface area contributed by atoms with E-state index in [0.717, 1.165) is 77.4 Å². The lowest BCUT2D eigenvalue weighted by molar-refractivity contribution is -0.113. The summed E-state index contributed by atoms with van der Waals surface area (Å²) in [5.41, 5.74) is 4.68. The van der Waals surface area contributed by atoms with Crippen LogP contribution in [0.1, 0.15) is 56.4 Å². The quantitative estimate of drug-likeness (QED) is 0.103. The lowest BCUT2D eigenvalue weighted by atomic mass is 10.0. The number of carbonyl (C=O) groups is 1. The van der Waals surface area contributed by atoms with Crippen LogP contribution in [-0.2, 0) is 34.3 Å². The van der Waals surface area contributed by atoms with Gasteiger partial charge in [-0.1, -0.05) is 68.6 Å². The Balaban J connectivity index is 1.34. The molecule has 0 aliphatic rings. The second kappa shape index (κ2) is 15.5. The van der Waals surface area contributed by atoms with E-state index in [1.165, 1.54) is 0 Å². The number of aryl methyl sites for hydroxylation is 1. The van der Waals surface area contributed by atoms with Gasteiger partial charge in [0.15, 0.2) is 5.78 Å². The molecule has 0 bridgehead atoms. The zero-order valence-electron chi connectivity index (χ0n) is 23.7. The average molecular weight is 589 g/mol. The molecule has 0 unspecified atom stereocenters. The number of aromatic nitrogens is 2.